The lowest BCUT2D eigenvalue weighted by atomic mass is 10.1. The summed E-state index contributed by atoms with van der Waals surface area (Å²) in [4.78, 5) is 12.5. The van der Waals surface area contributed by atoms with Crippen molar-refractivity contribution in [3.63, 3.8) is 0 Å². The average Bonchev–Trinajstić information content (AvgIpc) is 2.76. The second kappa shape index (κ2) is 12.3. The van der Waals surface area contributed by atoms with E-state index in [9.17, 15) is 13.2 Å². The van der Waals surface area contributed by atoms with Gasteiger partial charge in [-0.05, 0) is 62.2 Å². The highest BCUT2D eigenvalue weighted by Crippen LogP contribution is 2.28. The van der Waals surface area contributed by atoms with Gasteiger partial charge in [0.15, 0.2) is 11.5 Å². The van der Waals surface area contributed by atoms with Gasteiger partial charge in [-0.2, -0.15) is 0 Å². The van der Waals surface area contributed by atoms with Crippen LogP contribution in [0.25, 0.3) is 0 Å². The van der Waals surface area contributed by atoms with Crippen molar-refractivity contribution in [2.75, 3.05) is 40.0 Å². The van der Waals surface area contributed by atoms with Gasteiger partial charge in [0, 0.05) is 25.8 Å². The topological polar surface area (TPSA) is 103 Å². The summed E-state index contributed by atoms with van der Waals surface area (Å²) >= 11 is 0. The summed E-state index contributed by atoms with van der Waals surface area (Å²) in [6.07, 6.45) is 0.619. The maximum absolute atomic E-state index is 12.4. The van der Waals surface area contributed by atoms with Crippen LogP contribution in [0.15, 0.2) is 47.4 Å². The Labute approximate surface area is 184 Å². The van der Waals surface area contributed by atoms with Gasteiger partial charge >= 0.3 is 0 Å². The molecule has 2 rings (SSSR count). The highest BCUT2D eigenvalue weighted by atomic mass is 32.2. The first-order chi connectivity index (χ1) is 14.9. The SMILES string of the molecule is CCOc1ccc(CCNC(=O)c2ccc(S(=O)(=O)NCCOC)cc2)cc1OCC. The lowest BCUT2D eigenvalue weighted by Crippen LogP contribution is -2.28. The summed E-state index contributed by atoms with van der Waals surface area (Å²) in [5.41, 5.74) is 1.40. The number of hydrogen-bond donors (Lipinski definition) is 2. The number of rotatable bonds is 13. The third-order valence-corrected chi connectivity index (χ3v) is 5.81. The molecule has 0 aliphatic carbocycles. The van der Waals surface area contributed by atoms with Crippen molar-refractivity contribution in [3.05, 3.63) is 53.6 Å². The van der Waals surface area contributed by atoms with E-state index in [1.807, 2.05) is 32.0 Å². The van der Waals surface area contributed by atoms with Crippen LogP contribution in [0.4, 0.5) is 0 Å². The molecule has 2 aromatic rings. The van der Waals surface area contributed by atoms with E-state index in [0.717, 1.165) is 5.56 Å². The minimum absolute atomic E-state index is 0.0954. The number of sulfonamides is 1. The average molecular weight is 451 g/mol. The van der Waals surface area contributed by atoms with Gasteiger partial charge < -0.3 is 19.5 Å². The summed E-state index contributed by atoms with van der Waals surface area (Å²) < 4.78 is 42.8. The van der Waals surface area contributed by atoms with Crippen molar-refractivity contribution in [3.8, 4) is 11.5 Å². The number of benzene rings is 2. The Kier molecular flexibility index (Phi) is 9.77. The van der Waals surface area contributed by atoms with E-state index in [4.69, 9.17) is 14.2 Å². The Morgan fingerprint density at radius 1 is 0.935 bits per heavy atom. The summed E-state index contributed by atoms with van der Waals surface area (Å²) in [6, 6.07) is 11.5. The first-order valence-electron chi connectivity index (χ1n) is 10.2. The Bertz CT molecular complexity index is 945. The molecule has 31 heavy (non-hydrogen) atoms. The van der Waals surface area contributed by atoms with Crippen LogP contribution in [-0.4, -0.2) is 54.3 Å². The predicted molar refractivity (Wildman–Crippen MR) is 118 cm³/mol. The van der Waals surface area contributed by atoms with Crippen LogP contribution < -0.4 is 19.5 Å². The number of hydrogen-bond acceptors (Lipinski definition) is 6. The van der Waals surface area contributed by atoms with Gasteiger partial charge in [-0.15, -0.1) is 0 Å². The van der Waals surface area contributed by atoms with E-state index in [-0.39, 0.29) is 24.0 Å². The molecule has 0 saturated heterocycles. The molecule has 0 unspecified atom stereocenters. The second-order valence-electron chi connectivity index (χ2n) is 6.57. The maximum Gasteiger partial charge on any atom is 0.251 e. The number of amides is 1. The number of methoxy groups -OCH3 is 1. The molecule has 170 valence electrons. The largest absolute Gasteiger partial charge is 0.490 e. The van der Waals surface area contributed by atoms with Crippen molar-refractivity contribution in [1.82, 2.24) is 10.0 Å². The maximum atomic E-state index is 12.4. The van der Waals surface area contributed by atoms with Crippen LogP contribution in [0.1, 0.15) is 29.8 Å². The molecule has 1 amide bonds. The third-order valence-electron chi connectivity index (χ3n) is 4.33. The fourth-order valence-electron chi connectivity index (χ4n) is 2.82. The monoisotopic (exact) mass is 450 g/mol. The zero-order valence-electron chi connectivity index (χ0n) is 18.1. The lowest BCUT2D eigenvalue weighted by molar-refractivity contribution is 0.0954. The molecular weight excluding hydrogens is 420 g/mol. The van der Waals surface area contributed by atoms with Crippen molar-refractivity contribution in [2.45, 2.75) is 25.2 Å². The molecule has 0 fully saturated rings. The van der Waals surface area contributed by atoms with Crippen LogP contribution in [0, 0.1) is 0 Å². The Morgan fingerprint density at radius 2 is 1.61 bits per heavy atom. The molecule has 9 heteroatoms. The summed E-state index contributed by atoms with van der Waals surface area (Å²) in [7, 11) is -2.13. The van der Waals surface area contributed by atoms with Crippen LogP contribution in [0.5, 0.6) is 11.5 Å². The number of carbonyl (C=O) groups excluding carboxylic acids is 1. The van der Waals surface area contributed by atoms with Gasteiger partial charge in [0.05, 0.1) is 24.7 Å². The number of nitrogens with one attached hydrogen (secondary N) is 2. The van der Waals surface area contributed by atoms with Crippen LogP contribution in [0.2, 0.25) is 0 Å². The molecule has 0 spiro atoms. The van der Waals surface area contributed by atoms with Crippen LogP contribution in [-0.2, 0) is 21.2 Å². The van der Waals surface area contributed by atoms with Gasteiger partial charge in [0.2, 0.25) is 10.0 Å². The minimum Gasteiger partial charge on any atom is -0.490 e. The van der Waals surface area contributed by atoms with E-state index >= 15 is 0 Å². The zero-order valence-corrected chi connectivity index (χ0v) is 19.0. The van der Waals surface area contributed by atoms with Crippen LogP contribution >= 0.6 is 0 Å². The predicted octanol–water partition coefficient (Wildman–Crippen LogP) is 2.38. The van der Waals surface area contributed by atoms with Crippen molar-refractivity contribution in [1.29, 1.82) is 0 Å². The van der Waals surface area contributed by atoms with Gasteiger partial charge in [-0.25, -0.2) is 13.1 Å². The Balaban J connectivity index is 1.92. The quantitative estimate of drug-likeness (QED) is 0.454. The highest BCUT2D eigenvalue weighted by molar-refractivity contribution is 7.89. The first-order valence-corrected chi connectivity index (χ1v) is 11.6. The summed E-state index contributed by atoms with van der Waals surface area (Å²) in [5.74, 6) is 1.11. The molecule has 0 radical (unpaired) electrons. The molecule has 0 bridgehead atoms. The van der Waals surface area contributed by atoms with E-state index in [2.05, 4.69) is 10.0 Å². The standard InChI is InChI=1S/C22H30N2O6S/c1-4-29-20-11-6-17(16-21(20)30-5-2)12-13-23-22(25)18-7-9-19(10-8-18)31(26,27)24-14-15-28-3/h6-11,16,24H,4-5,12-15H2,1-3H3,(H,23,25). The fourth-order valence-corrected chi connectivity index (χ4v) is 3.83. The molecule has 0 saturated carbocycles. The molecule has 2 aromatic carbocycles. The van der Waals surface area contributed by atoms with E-state index in [1.54, 1.807) is 0 Å². The third kappa shape index (κ3) is 7.54. The molecule has 0 heterocycles. The highest BCUT2D eigenvalue weighted by Gasteiger charge is 2.14. The van der Waals surface area contributed by atoms with E-state index in [0.29, 0.717) is 43.2 Å². The van der Waals surface area contributed by atoms with Gasteiger partial charge in [-0.3, -0.25) is 4.79 Å². The van der Waals surface area contributed by atoms with Crippen LogP contribution in [0.3, 0.4) is 0 Å². The summed E-state index contributed by atoms with van der Waals surface area (Å²) in [6.45, 7) is 5.80. The zero-order chi connectivity index (χ0) is 22.7. The molecule has 0 aliphatic heterocycles. The lowest BCUT2D eigenvalue weighted by Gasteiger charge is -2.13. The molecule has 0 atom stereocenters. The Hall–Kier alpha value is -2.62. The minimum atomic E-state index is -3.63. The molecule has 2 N–H and O–H groups in total. The van der Waals surface area contributed by atoms with Gasteiger partial charge in [0.25, 0.3) is 5.91 Å². The number of carbonyl (C=O) groups is 1. The van der Waals surface area contributed by atoms with Crippen molar-refractivity contribution >= 4 is 15.9 Å². The molecular formula is C22H30N2O6S. The normalized spacial score (nSPS) is 11.2. The van der Waals surface area contributed by atoms with Gasteiger partial charge in [-0.1, -0.05) is 6.07 Å². The van der Waals surface area contributed by atoms with Crippen molar-refractivity contribution in [2.24, 2.45) is 0 Å². The van der Waals surface area contributed by atoms with Gasteiger partial charge in [0.1, 0.15) is 0 Å². The number of ether oxygens (including phenoxy) is 3. The Morgan fingerprint density at radius 3 is 2.26 bits per heavy atom. The van der Waals surface area contributed by atoms with E-state index < -0.39 is 10.0 Å². The molecule has 8 nitrogen and oxygen atoms in total. The molecule has 0 aromatic heterocycles. The first kappa shape index (κ1) is 24.6. The van der Waals surface area contributed by atoms with E-state index in [1.165, 1.54) is 31.4 Å². The second-order valence-corrected chi connectivity index (χ2v) is 8.33. The smallest absolute Gasteiger partial charge is 0.251 e. The fraction of sp³-hybridized carbons (Fsp3) is 0.409. The van der Waals surface area contributed by atoms with Crippen molar-refractivity contribution < 1.29 is 27.4 Å². The molecule has 0 aliphatic rings. The summed E-state index contributed by atoms with van der Waals surface area (Å²) in [5, 5.41) is 2.85.